The Balaban J connectivity index is 4.23. The molecule has 0 unspecified atom stereocenters. The Labute approximate surface area is 86.9 Å². The molecule has 14 heavy (non-hydrogen) atoms. The summed E-state index contributed by atoms with van der Waals surface area (Å²) >= 11 is 0. The molecule has 0 saturated heterocycles. The van der Waals surface area contributed by atoms with E-state index in [1.165, 1.54) is 0 Å². The highest BCUT2D eigenvalue weighted by Crippen LogP contribution is 2.23. The van der Waals surface area contributed by atoms with Gasteiger partial charge in [0.2, 0.25) is 0 Å². The van der Waals surface area contributed by atoms with E-state index in [0.717, 1.165) is 6.42 Å². The fourth-order valence-corrected chi connectivity index (χ4v) is 1.19. The van der Waals surface area contributed by atoms with Crippen LogP contribution in [0.3, 0.4) is 0 Å². The highest BCUT2D eigenvalue weighted by molar-refractivity contribution is 4.87. The highest BCUT2D eigenvalue weighted by Gasteiger charge is 2.27. The third-order valence-electron chi connectivity index (χ3n) is 1.97. The van der Waals surface area contributed by atoms with Gasteiger partial charge in [-0.1, -0.05) is 18.2 Å². The van der Waals surface area contributed by atoms with Gasteiger partial charge in [0.15, 0.2) is 5.79 Å². The summed E-state index contributed by atoms with van der Waals surface area (Å²) in [6.07, 6.45) is 7.54. The largest absolute Gasteiger partial charge is 0.353 e. The van der Waals surface area contributed by atoms with Crippen LogP contribution >= 0.6 is 0 Å². The van der Waals surface area contributed by atoms with Crippen LogP contribution in [-0.2, 0) is 9.47 Å². The maximum atomic E-state index is 5.66. The van der Waals surface area contributed by atoms with Gasteiger partial charge in [-0.05, 0) is 6.42 Å². The van der Waals surface area contributed by atoms with Crippen molar-refractivity contribution < 1.29 is 9.47 Å². The van der Waals surface area contributed by atoms with E-state index in [9.17, 15) is 0 Å². The van der Waals surface area contributed by atoms with Gasteiger partial charge in [0.25, 0.3) is 0 Å². The number of ether oxygens (including phenoxy) is 2. The second-order valence-electron chi connectivity index (χ2n) is 3.03. The van der Waals surface area contributed by atoms with Gasteiger partial charge in [0.05, 0.1) is 6.61 Å². The van der Waals surface area contributed by atoms with Crippen molar-refractivity contribution in [2.45, 2.75) is 25.0 Å². The van der Waals surface area contributed by atoms with Crippen LogP contribution in [0.25, 0.3) is 0 Å². The standard InChI is InChI=1S/C12H20O2/c1-5-8-11-14-12(13-4,9-6-2)10-7-3/h5-7H,1-3,8-11H2,4H3. The summed E-state index contributed by atoms with van der Waals surface area (Å²) in [4.78, 5) is 0. The van der Waals surface area contributed by atoms with Crippen molar-refractivity contribution in [3.05, 3.63) is 38.0 Å². The molecule has 0 aliphatic heterocycles. The molecule has 0 rings (SSSR count). The van der Waals surface area contributed by atoms with Crippen LogP contribution in [0.15, 0.2) is 38.0 Å². The highest BCUT2D eigenvalue weighted by atomic mass is 16.7. The van der Waals surface area contributed by atoms with Gasteiger partial charge in [-0.25, -0.2) is 0 Å². The monoisotopic (exact) mass is 196 g/mol. The first-order valence-corrected chi connectivity index (χ1v) is 4.76. The third kappa shape index (κ3) is 4.40. The number of rotatable bonds is 9. The van der Waals surface area contributed by atoms with E-state index in [4.69, 9.17) is 9.47 Å². The van der Waals surface area contributed by atoms with Gasteiger partial charge in [0.1, 0.15) is 0 Å². The molecule has 0 spiro atoms. The summed E-state index contributed by atoms with van der Waals surface area (Å²) in [5.74, 6) is -0.591. The van der Waals surface area contributed by atoms with Crippen LogP contribution < -0.4 is 0 Å². The van der Waals surface area contributed by atoms with Crippen molar-refractivity contribution in [1.29, 1.82) is 0 Å². The number of hydrogen-bond donors (Lipinski definition) is 0. The molecule has 2 heteroatoms. The average molecular weight is 196 g/mol. The predicted octanol–water partition coefficient (Wildman–Crippen LogP) is 3.07. The lowest BCUT2D eigenvalue weighted by molar-refractivity contribution is -0.217. The van der Waals surface area contributed by atoms with Crippen LogP contribution in [0.1, 0.15) is 19.3 Å². The van der Waals surface area contributed by atoms with E-state index >= 15 is 0 Å². The summed E-state index contributed by atoms with van der Waals surface area (Å²) in [7, 11) is 1.64. The lowest BCUT2D eigenvalue weighted by atomic mass is 10.1. The third-order valence-corrected chi connectivity index (χ3v) is 1.97. The fourth-order valence-electron chi connectivity index (χ4n) is 1.19. The molecule has 0 bridgehead atoms. The molecule has 0 aliphatic rings. The maximum absolute atomic E-state index is 5.66. The Hall–Kier alpha value is -0.860. The Bertz CT molecular complexity index is 175. The second-order valence-corrected chi connectivity index (χ2v) is 3.03. The average Bonchev–Trinajstić information content (AvgIpc) is 2.19. The summed E-state index contributed by atoms with van der Waals surface area (Å²) in [5, 5.41) is 0. The first-order valence-electron chi connectivity index (χ1n) is 4.76. The summed E-state index contributed by atoms with van der Waals surface area (Å²) in [6.45, 7) is 11.6. The molecule has 0 atom stereocenters. The van der Waals surface area contributed by atoms with Gasteiger partial charge in [-0.2, -0.15) is 0 Å². The SMILES string of the molecule is C=CCCOC(CC=C)(CC=C)OC. The molecule has 0 radical (unpaired) electrons. The first kappa shape index (κ1) is 13.1. The molecule has 2 nitrogen and oxygen atoms in total. The fraction of sp³-hybridized carbons (Fsp3) is 0.500. The van der Waals surface area contributed by atoms with E-state index in [1.807, 2.05) is 6.08 Å². The molecule has 0 saturated carbocycles. The van der Waals surface area contributed by atoms with Gasteiger partial charge in [-0.3, -0.25) is 0 Å². The van der Waals surface area contributed by atoms with Crippen LogP contribution in [0.5, 0.6) is 0 Å². The molecule has 0 N–H and O–H groups in total. The van der Waals surface area contributed by atoms with Gasteiger partial charge in [-0.15, -0.1) is 19.7 Å². The normalized spacial score (nSPS) is 10.9. The minimum absolute atomic E-state index is 0.591. The van der Waals surface area contributed by atoms with Crippen molar-refractivity contribution in [1.82, 2.24) is 0 Å². The quantitative estimate of drug-likeness (QED) is 0.320. The van der Waals surface area contributed by atoms with Gasteiger partial charge >= 0.3 is 0 Å². The minimum atomic E-state index is -0.591. The van der Waals surface area contributed by atoms with Crippen molar-refractivity contribution in [3.63, 3.8) is 0 Å². The zero-order valence-electron chi connectivity index (χ0n) is 9.00. The summed E-state index contributed by atoms with van der Waals surface area (Å²) in [5.41, 5.74) is 0. The molecule has 0 amide bonds. The lowest BCUT2D eigenvalue weighted by Crippen LogP contribution is -2.34. The van der Waals surface area contributed by atoms with Crippen molar-refractivity contribution in [3.8, 4) is 0 Å². The van der Waals surface area contributed by atoms with Crippen LogP contribution in [0, 0.1) is 0 Å². The van der Waals surface area contributed by atoms with Gasteiger partial charge < -0.3 is 9.47 Å². The van der Waals surface area contributed by atoms with E-state index in [-0.39, 0.29) is 0 Å². The Kier molecular flexibility index (Phi) is 7.07. The molecule has 0 aliphatic carbocycles. The zero-order chi connectivity index (χ0) is 10.9. The predicted molar refractivity (Wildman–Crippen MR) is 60.1 cm³/mol. The minimum Gasteiger partial charge on any atom is -0.353 e. The van der Waals surface area contributed by atoms with Gasteiger partial charge in [0, 0.05) is 20.0 Å². The molecule has 0 fully saturated rings. The Morgan fingerprint density at radius 1 is 1.07 bits per heavy atom. The number of hydrogen-bond acceptors (Lipinski definition) is 2. The molecule has 80 valence electrons. The summed E-state index contributed by atoms with van der Waals surface area (Å²) < 4.78 is 11.0. The van der Waals surface area contributed by atoms with E-state index < -0.39 is 5.79 Å². The second kappa shape index (κ2) is 7.54. The van der Waals surface area contributed by atoms with Crippen molar-refractivity contribution in [2.24, 2.45) is 0 Å². The molecule has 0 aromatic carbocycles. The van der Waals surface area contributed by atoms with E-state index in [1.54, 1.807) is 19.3 Å². The lowest BCUT2D eigenvalue weighted by Gasteiger charge is -2.30. The van der Waals surface area contributed by atoms with Crippen LogP contribution in [-0.4, -0.2) is 19.5 Å². The molecule has 0 heterocycles. The van der Waals surface area contributed by atoms with Crippen LogP contribution in [0.2, 0.25) is 0 Å². The topological polar surface area (TPSA) is 18.5 Å². The number of methoxy groups -OCH3 is 1. The van der Waals surface area contributed by atoms with Crippen molar-refractivity contribution in [2.75, 3.05) is 13.7 Å². The van der Waals surface area contributed by atoms with Crippen LogP contribution in [0.4, 0.5) is 0 Å². The molecular weight excluding hydrogens is 176 g/mol. The van der Waals surface area contributed by atoms with Crippen molar-refractivity contribution >= 4 is 0 Å². The molecular formula is C12H20O2. The molecule has 0 aromatic heterocycles. The first-order chi connectivity index (χ1) is 6.74. The Morgan fingerprint density at radius 2 is 1.64 bits per heavy atom. The zero-order valence-corrected chi connectivity index (χ0v) is 9.00. The summed E-state index contributed by atoms with van der Waals surface area (Å²) in [6, 6.07) is 0. The maximum Gasteiger partial charge on any atom is 0.174 e. The Morgan fingerprint density at radius 3 is 2.00 bits per heavy atom. The van der Waals surface area contributed by atoms with E-state index in [2.05, 4.69) is 19.7 Å². The van der Waals surface area contributed by atoms with E-state index in [0.29, 0.717) is 19.4 Å². The smallest absolute Gasteiger partial charge is 0.174 e. The molecule has 0 aromatic rings.